The number of benzene rings is 2. The molecule has 0 unspecified atom stereocenters. The van der Waals surface area contributed by atoms with E-state index in [1.54, 1.807) is 12.1 Å². The summed E-state index contributed by atoms with van der Waals surface area (Å²) in [7, 11) is 2.93. The number of carbonyl (C=O) groups is 1. The summed E-state index contributed by atoms with van der Waals surface area (Å²) in [6.45, 7) is -0.406. The number of phenols is 1. The van der Waals surface area contributed by atoms with Crippen LogP contribution in [0.4, 0.5) is 0 Å². The Morgan fingerprint density at radius 1 is 0.935 bits per heavy atom. The Morgan fingerprint density at radius 2 is 1.61 bits per heavy atom. The fourth-order valence-electron chi connectivity index (χ4n) is 3.01. The van der Waals surface area contributed by atoms with Gasteiger partial charge in [0, 0.05) is 6.07 Å². The fraction of sp³-hybridized carbons (Fsp3) is 0.381. The topological polar surface area (TPSA) is 144 Å². The van der Waals surface area contributed by atoms with E-state index in [4.69, 9.17) is 23.7 Å². The van der Waals surface area contributed by atoms with E-state index < -0.39 is 43.3 Å². The first-order valence-corrected chi connectivity index (χ1v) is 9.38. The van der Waals surface area contributed by atoms with Crippen LogP contribution in [0.3, 0.4) is 0 Å². The number of carbonyl (C=O) groups excluding carboxylic acids is 1. The highest BCUT2D eigenvalue weighted by molar-refractivity contribution is 5.89. The van der Waals surface area contributed by atoms with Crippen LogP contribution in [0.2, 0.25) is 0 Å². The third-order valence-electron chi connectivity index (χ3n) is 4.76. The predicted molar refractivity (Wildman–Crippen MR) is 105 cm³/mol. The smallest absolute Gasteiger partial charge is 0.338 e. The number of phenolic OH excluding ortho intramolecular Hbond substituents is 1. The maximum absolute atomic E-state index is 12.1. The molecule has 1 aliphatic heterocycles. The van der Waals surface area contributed by atoms with Gasteiger partial charge in [-0.15, -0.1) is 0 Å². The second-order valence-electron chi connectivity index (χ2n) is 6.79. The van der Waals surface area contributed by atoms with Crippen molar-refractivity contribution in [2.75, 3.05) is 20.8 Å². The summed E-state index contributed by atoms with van der Waals surface area (Å²) < 4.78 is 26.6. The molecule has 4 N–H and O–H groups in total. The molecule has 0 radical (unpaired) electrons. The third kappa shape index (κ3) is 5.17. The van der Waals surface area contributed by atoms with E-state index in [1.165, 1.54) is 44.6 Å². The highest BCUT2D eigenvalue weighted by Gasteiger charge is 2.45. The second-order valence-corrected chi connectivity index (χ2v) is 6.79. The standard InChI is InChI=1S/C21H24O10/c1-27-14-8-7-13(9-15(14)28-2)30-21-19(25)18(24)17(23)16(31-21)10-29-20(26)11-3-5-12(22)6-4-11/h3-9,16-19,21-25H,10H2,1-2H3/t16-,17-,18+,19-,21-/m1/s1. The molecule has 0 aromatic heterocycles. The number of aliphatic hydroxyl groups is 3. The molecule has 1 aliphatic rings. The molecule has 0 spiro atoms. The highest BCUT2D eigenvalue weighted by atomic mass is 16.7. The van der Waals surface area contributed by atoms with E-state index in [0.29, 0.717) is 11.5 Å². The molecule has 0 bridgehead atoms. The van der Waals surface area contributed by atoms with Crippen molar-refractivity contribution in [3.8, 4) is 23.0 Å². The summed E-state index contributed by atoms with van der Waals surface area (Å²) in [4.78, 5) is 12.1. The van der Waals surface area contributed by atoms with Gasteiger partial charge in [-0.3, -0.25) is 0 Å². The van der Waals surface area contributed by atoms with E-state index in [-0.39, 0.29) is 17.1 Å². The molecule has 5 atom stereocenters. The molecule has 0 aliphatic carbocycles. The summed E-state index contributed by atoms with van der Waals surface area (Å²) in [6.07, 6.45) is -7.20. The molecular formula is C21H24O10. The van der Waals surface area contributed by atoms with Gasteiger partial charge >= 0.3 is 5.97 Å². The molecule has 10 nitrogen and oxygen atoms in total. The van der Waals surface area contributed by atoms with Crippen LogP contribution in [-0.4, -0.2) is 77.9 Å². The first-order chi connectivity index (χ1) is 14.8. The van der Waals surface area contributed by atoms with Crippen molar-refractivity contribution in [1.29, 1.82) is 0 Å². The van der Waals surface area contributed by atoms with Crippen LogP contribution in [0.1, 0.15) is 10.4 Å². The van der Waals surface area contributed by atoms with Crippen molar-refractivity contribution < 1.29 is 48.9 Å². The Balaban J connectivity index is 1.67. The summed E-state index contributed by atoms with van der Waals surface area (Å²) in [5.41, 5.74) is 0.182. The summed E-state index contributed by atoms with van der Waals surface area (Å²) >= 11 is 0. The second kappa shape index (κ2) is 9.84. The van der Waals surface area contributed by atoms with Crippen LogP contribution in [0.15, 0.2) is 42.5 Å². The van der Waals surface area contributed by atoms with Gasteiger partial charge in [0.1, 0.15) is 42.5 Å². The Labute approximate surface area is 178 Å². The van der Waals surface area contributed by atoms with E-state index in [9.17, 15) is 25.2 Å². The van der Waals surface area contributed by atoms with Crippen LogP contribution in [0, 0.1) is 0 Å². The quantitative estimate of drug-likeness (QED) is 0.452. The van der Waals surface area contributed by atoms with Crippen LogP contribution < -0.4 is 14.2 Å². The number of aromatic hydroxyl groups is 1. The van der Waals surface area contributed by atoms with Crippen molar-refractivity contribution in [1.82, 2.24) is 0 Å². The maximum Gasteiger partial charge on any atom is 0.338 e. The fourth-order valence-corrected chi connectivity index (χ4v) is 3.01. The summed E-state index contributed by atoms with van der Waals surface area (Å²) in [6, 6.07) is 10.0. The average molecular weight is 436 g/mol. The van der Waals surface area contributed by atoms with Gasteiger partial charge in [-0.1, -0.05) is 0 Å². The van der Waals surface area contributed by atoms with Crippen LogP contribution >= 0.6 is 0 Å². The predicted octanol–water partition coefficient (Wildman–Crippen LogP) is 0.453. The lowest BCUT2D eigenvalue weighted by Gasteiger charge is -2.39. The Hall–Kier alpha value is -3.05. The number of methoxy groups -OCH3 is 2. The van der Waals surface area contributed by atoms with Gasteiger partial charge in [0.25, 0.3) is 0 Å². The zero-order valence-corrected chi connectivity index (χ0v) is 16.9. The lowest BCUT2D eigenvalue weighted by molar-refractivity contribution is -0.277. The van der Waals surface area contributed by atoms with Crippen molar-refractivity contribution >= 4 is 5.97 Å². The highest BCUT2D eigenvalue weighted by Crippen LogP contribution is 2.33. The van der Waals surface area contributed by atoms with Crippen molar-refractivity contribution in [3.05, 3.63) is 48.0 Å². The van der Waals surface area contributed by atoms with Gasteiger partial charge in [0.15, 0.2) is 11.5 Å². The van der Waals surface area contributed by atoms with Crippen molar-refractivity contribution in [2.45, 2.75) is 30.7 Å². The Kier molecular flexibility index (Phi) is 7.18. The molecule has 2 aromatic carbocycles. The summed E-state index contributed by atoms with van der Waals surface area (Å²) in [5.74, 6) is 0.383. The molecule has 2 aromatic rings. The number of hydrogen-bond donors (Lipinski definition) is 4. The van der Waals surface area contributed by atoms with Gasteiger partial charge in [-0.25, -0.2) is 4.79 Å². The number of aliphatic hydroxyl groups excluding tert-OH is 3. The molecule has 0 amide bonds. The molecule has 0 saturated carbocycles. The summed E-state index contributed by atoms with van der Waals surface area (Å²) in [5, 5.41) is 39.9. The number of ether oxygens (including phenoxy) is 5. The molecular weight excluding hydrogens is 412 g/mol. The van der Waals surface area contributed by atoms with Gasteiger partial charge in [0.2, 0.25) is 6.29 Å². The van der Waals surface area contributed by atoms with Crippen molar-refractivity contribution in [2.24, 2.45) is 0 Å². The molecule has 1 saturated heterocycles. The first-order valence-electron chi connectivity index (χ1n) is 9.38. The number of hydrogen-bond acceptors (Lipinski definition) is 10. The van der Waals surface area contributed by atoms with Crippen LogP contribution in [-0.2, 0) is 9.47 Å². The maximum atomic E-state index is 12.1. The molecule has 168 valence electrons. The van der Waals surface area contributed by atoms with E-state index in [1.807, 2.05) is 0 Å². The lowest BCUT2D eigenvalue weighted by atomic mass is 9.99. The van der Waals surface area contributed by atoms with Gasteiger partial charge < -0.3 is 44.1 Å². The van der Waals surface area contributed by atoms with E-state index in [2.05, 4.69) is 0 Å². The van der Waals surface area contributed by atoms with Gasteiger partial charge in [0.05, 0.1) is 19.8 Å². The average Bonchev–Trinajstić information content (AvgIpc) is 2.78. The van der Waals surface area contributed by atoms with Crippen molar-refractivity contribution in [3.63, 3.8) is 0 Å². The van der Waals surface area contributed by atoms with E-state index >= 15 is 0 Å². The first kappa shape index (κ1) is 22.6. The number of esters is 1. The zero-order valence-electron chi connectivity index (χ0n) is 16.9. The van der Waals surface area contributed by atoms with Gasteiger partial charge in [-0.05, 0) is 36.4 Å². The van der Waals surface area contributed by atoms with Crippen LogP contribution in [0.5, 0.6) is 23.0 Å². The van der Waals surface area contributed by atoms with E-state index in [0.717, 1.165) is 0 Å². The molecule has 10 heteroatoms. The van der Waals surface area contributed by atoms with Crippen LogP contribution in [0.25, 0.3) is 0 Å². The molecule has 1 fully saturated rings. The molecule has 3 rings (SSSR count). The lowest BCUT2D eigenvalue weighted by Crippen LogP contribution is -2.60. The molecule has 31 heavy (non-hydrogen) atoms. The largest absolute Gasteiger partial charge is 0.508 e. The molecule has 1 heterocycles. The number of rotatable bonds is 7. The Bertz CT molecular complexity index is 884. The minimum absolute atomic E-state index is 0.00477. The Morgan fingerprint density at radius 3 is 2.26 bits per heavy atom. The van der Waals surface area contributed by atoms with Gasteiger partial charge in [-0.2, -0.15) is 0 Å². The minimum Gasteiger partial charge on any atom is -0.508 e. The third-order valence-corrected chi connectivity index (χ3v) is 4.76. The minimum atomic E-state index is -1.60. The normalized spacial score (nSPS) is 25.5. The monoisotopic (exact) mass is 436 g/mol. The SMILES string of the molecule is COc1ccc(O[C@@H]2O[C@H](COC(=O)c3ccc(O)cc3)[C@@H](O)[C@H](O)[C@H]2O)cc1OC. The zero-order chi connectivity index (χ0) is 22.5.